The van der Waals surface area contributed by atoms with E-state index in [-0.39, 0.29) is 16.7 Å². The zero-order valence-corrected chi connectivity index (χ0v) is 11.7. The normalized spacial score (nSPS) is 12.1. The highest BCUT2D eigenvalue weighted by atomic mass is 16.6. The molecule has 0 saturated carbocycles. The maximum absolute atomic E-state index is 10.9. The van der Waals surface area contributed by atoms with Gasteiger partial charge in [0, 0.05) is 24.2 Å². The van der Waals surface area contributed by atoms with Gasteiger partial charge in [-0.2, -0.15) is 0 Å². The summed E-state index contributed by atoms with van der Waals surface area (Å²) in [5, 5.41) is 14.3. The number of rotatable bonds is 5. The first-order chi connectivity index (χ1) is 9.58. The van der Waals surface area contributed by atoms with E-state index in [1.807, 2.05) is 24.3 Å². The van der Waals surface area contributed by atoms with Gasteiger partial charge in [-0.3, -0.25) is 10.1 Å². The fraction of sp³-hybridized carbons (Fsp3) is 0.250. The minimum absolute atomic E-state index is 0.177. The number of nitro groups is 1. The van der Waals surface area contributed by atoms with E-state index >= 15 is 0 Å². The summed E-state index contributed by atoms with van der Waals surface area (Å²) in [4.78, 5) is 10.6. The first-order valence-electron chi connectivity index (χ1n) is 6.60. The molecule has 0 aliphatic rings. The molecular weight excluding hydrogens is 252 g/mol. The summed E-state index contributed by atoms with van der Waals surface area (Å²) in [6, 6.07) is 15.7. The summed E-state index contributed by atoms with van der Waals surface area (Å²) < 4.78 is 0. The summed E-state index contributed by atoms with van der Waals surface area (Å²) in [6.45, 7) is 4.44. The van der Waals surface area contributed by atoms with Gasteiger partial charge < -0.3 is 5.32 Å². The molecule has 1 atom stereocenters. The number of benzene rings is 2. The van der Waals surface area contributed by atoms with Crippen LogP contribution in [-0.4, -0.2) is 4.92 Å². The fourth-order valence-electron chi connectivity index (χ4n) is 2.09. The van der Waals surface area contributed by atoms with Crippen LogP contribution in [-0.2, 0) is 6.54 Å². The molecule has 0 aliphatic heterocycles. The van der Waals surface area contributed by atoms with Gasteiger partial charge >= 0.3 is 0 Å². The maximum Gasteiger partial charge on any atom is 0.272 e. The van der Waals surface area contributed by atoms with Crippen molar-refractivity contribution in [2.24, 2.45) is 0 Å². The Balaban J connectivity index is 2.04. The van der Waals surface area contributed by atoms with E-state index in [0.29, 0.717) is 12.1 Å². The van der Waals surface area contributed by atoms with Crippen molar-refractivity contribution in [1.82, 2.24) is 5.32 Å². The molecule has 4 nitrogen and oxygen atoms in total. The van der Waals surface area contributed by atoms with Gasteiger partial charge in [-0.1, -0.05) is 42.5 Å². The molecule has 0 fully saturated rings. The van der Waals surface area contributed by atoms with Crippen molar-refractivity contribution in [1.29, 1.82) is 0 Å². The molecule has 20 heavy (non-hydrogen) atoms. The molecule has 0 aliphatic carbocycles. The number of aryl methyl sites for hydroxylation is 1. The van der Waals surface area contributed by atoms with E-state index < -0.39 is 0 Å². The summed E-state index contributed by atoms with van der Waals surface area (Å²) in [5.74, 6) is 0. The first kappa shape index (κ1) is 14.2. The molecule has 2 aromatic carbocycles. The van der Waals surface area contributed by atoms with Gasteiger partial charge in [-0.25, -0.2) is 0 Å². The lowest BCUT2D eigenvalue weighted by Crippen LogP contribution is -2.18. The Labute approximate surface area is 118 Å². The van der Waals surface area contributed by atoms with E-state index in [1.165, 1.54) is 5.56 Å². The Bertz CT molecular complexity index is 597. The van der Waals surface area contributed by atoms with Crippen molar-refractivity contribution in [3.05, 3.63) is 75.3 Å². The molecule has 0 radical (unpaired) electrons. The van der Waals surface area contributed by atoms with Crippen LogP contribution in [0, 0.1) is 17.0 Å². The second-order valence-electron chi connectivity index (χ2n) is 4.89. The van der Waals surface area contributed by atoms with Crippen molar-refractivity contribution >= 4 is 5.69 Å². The van der Waals surface area contributed by atoms with Crippen molar-refractivity contribution in [3.8, 4) is 0 Å². The van der Waals surface area contributed by atoms with Crippen LogP contribution in [0.1, 0.15) is 29.7 Å². The monoisotopic (exact) mass is 270 g/mol. The molecule has 0 spiro atoms. The Morgan fingerprint density at radius 2 is 1.90 bits per heavy atom. The second kappa shape index (κ2) is 6.30. The van der Waals surface area contributed by atoms with Gasteiger partial charge in [0.2, 0.25) is 0 Å². The largest absolute Gasteiger partial charge is 0.306 e. The van der Waals surface area contributed by atoms with Gasteiger partial charge in [-0.15, -0.1) is 0 Å². The Morgan fingerprint density at radius 1 is 1.20 bits per heavy atom. The first-order valence-corrected chi connectivity index (χ1v) is 6.60. The molecule has 0 aromatic heterocycles. The van der Waals surface area contributed by atoms with Crippen molar-refractivity contribution in [3.63, 3.8) is 0 Å². The summed E-state index contributed by atoms with van der Waals surface area (Å²) in [7, 11) is 0. The number of hydrogen-bond donors (Lipinski definition) is 1. The smallest absolute Gasteiger partial charge is 0.272 e. The highest BCUT2D eigenvalue weighted by molar-refractivity contribution is 5.42. The average Bonchev–Trinajstić information content (AvgIpc) is 2.46. The zero-order chi connectivity index (χ0) is 14.5. The van der Waals surface area contributed by atoms with Crippen LogP contribution in [0.3, 0.4) is 0 Å². The number of nitrogens with one attached hydrogen (secondary N) is 1. The van der Waals surface area contributed by atoms with Gasteiger partial charge in [0.1, 0.15) is 0 Å². The van der Waals surface area contributed by atoms with E-state index in [4.69, 9.17) is 0 Å². The zero-order valence-electron chi connectivity index (χ0n) is 11.7. The van der Waals surface area contributed by atoms with E-state index in [0.717, 1.165) is 5.56 Å². The summed E-state index contributed by atoms with van der Waals surface area (Å²) >= 11 is 0. The molecule has 0 unspecified atom stereocenters. The minimum Gasteiger partial charge on any atom is -0.306 e. The highest BCUT2D eigenvalue weighted by Crippen LogP contribution is 2.20. The third-order valence-electron chi connectivity index (χ3n) is 3.38. The predicted molar refractivity (Wildman–Crippen MR) is 79.5 cm³/mol. The van der Waals surface area contributed by atoms with Gasteiger partial charge in [0.15, 0.2) is 0 Å². The van der Waals surface area contributed by atoms with Crippen LogP contribution in [0.5, 0.6) is 0 Å². The van der Waals surface area contributed by atoms with Gasteiger partial charge in [-0.05, 0) is 25.0 Å². The van der Waals surface area contributed by atoms with Crippen LogP contribution in [0.2, 0.25) is 0 Å². The molecular formula is C16H18N2O2. The lowest BCUT2D eigenvalue weighted by atomic mass is 10.1. The summed E-state index contributed by atoms with van der Waals surface area (Å²) in [5.41, 5.74) is 2.99. The fourth-order valence-corrected chi connectivity index (χ4v) is 2.09. The van der Waals surface area contributed by atoms with Crippen LogP contribution in [0.25, 0.3) is 0 Å². The van der Waals surface area contributed by atoms with Crippen molar-refractivity contribution in [2.75, 3.05) is 0 Å². The second-order valence-corrected chi connectivity index (χ2v) is 4.89. The van der Waals surface area contributed by atoms with Gasteiger partial charge in [0.25, 0.3) is 5.69 Å². The molecule has 0 amide bonds. The topological polar surface area (TPSA) is 55.2 Å². The van der Waals surface area contributed by atoms with Crippen LogP contribution < -0.4 is 5.32 Å². The number of hydrogen-bond acceptors (Lipinski definition) is 3. The van der Waals surface area contributed by atoms with Crippen molar-refractivity contribution in [2.45, 2.75) is 26.4 Å². The third kappa shape index (κ3) is 3.42. The average molecular weight is 270 g/mol. The number of nitrogens with zero attached hydrogens (tertiary/aromatic N) is 1. The summed E-state index contributed by atoms with van der Waals surface area (Å²) in [6.07, 6.45) is 0. The molecule has 0 bridgehead atoms. The van der Waals surface area contributed by atoms with Crippen molar-refractivity contribution < 1.29 is 4.92 Å². The Kier molecular flexibility index (Phi) is 4.48. The SMILES string of the molecule is Cc1ccc(CN[C@H](C)c2ccccc2)cc1[N+](=O)[O-]. The van der Waals surface area contributed by atoms with Gasteiger partial charge in [0.05, 0.1) is 4.92 Å². The quantitative estimate of drug-likeness (QED) is 0.665. The standard InChI is InChI=1S/C16H18N2O2/c1-12-8-9-14(10-16(12)18(19)20)11-17-13(2)15-6-4-3-5-7-15/h3-10,13,17H,11H2,1-2H3/t13-/m1/s1. The minimum atomic E-state index is -0.334. The third-order valence-corrected chi connectivity index (χ3v) is 3.38. The molecule has 0 heterocycles. The molecule has 1 N–H and O–H groups in total. The molecule has 0 saturated heterocycles. The maximum atomic E-state index is 10.9. The van der Waals surface area contributed by atoms with E-state index in [2.05, 4.69) is 24.4 Å². The Morgan fingerprint density at radius 3 is 2.55 bits per heavy atom. The van der Waals surface area contributed by atoms with Crippen LogP contribution >= 0.6 is 0 Å². The molecule has 104 valence electrons. The van der Waals surface area contributed by atoms with E-state index in [1.54, 1.807) is 19.1 Å². The molecule has 2 rings (SSSR count). The predicted octanol–water partition coefficient (Wildman–Crippen LogP) is 3.75. The van der Waals surface area contributed by atoms with Crippen LogP contribution in [0.15, 0.2) is 48.5 Å². The lowest BCUT2D eigenvalue weighted by molar-refractivity contribution is -0.385. The number of nitro benzene ring substituents is 1. The van der Waals surface area contributed by atoms with E-state index in [9.17, 15) is 10.1 Å². The molecule has 4 heteroatoms. The molecule has 2 aromatic rings. The Hall–Kier alpha value is -2.20. The lowest BCUT2D eigenvalue weighted by Gasteiger charge is -2.14. The highest BCUT2D eigenvalue weighted by Gasteiger charge is 2.11. The van der Waals surface area contributed by atoms with Crippen LogP contribution in [0.4, 0.5) is 5.69 Å².